The number of nitrogens with zero attached hydrogens (tertiary/aromatic N) is 2. The number of hydrogen-bond donors (Lipinski definition) is 0. The maximum atomic E-state index is 6.13. The number of benzene rings is 1. The molecule has 1 aliphatic rings. The molecule has 1 aliphatic heterocycles. The van der Waals surface area contributed by atoms with Crippen LogP contribution in [0, 0.1) is 13.8 Å². The van der Waals surface area contributed by atoms with Crippen LogP contribution in [0.5, 0.6) is 0 Å². The van der Waals surface area contributed by atoms with E-state index >= 15 is 0 Å². The lowest BCUT2D eigenvalue weighted by atomic mass is 10.0. The summed E-state index contributed by atoms with van der Waals surface area (Å²) < 4.78 is 16.6. The number of aromatic nitrogens is 1. The number of methoxy groups -OCH3 is 1. The van der Waals surface area contributed by atoms with Crippen molar-refractivity contribution in [3.05, 3.63) is 52.9 Å². The Morgan fingerprint density at radius 1 is 1.20 bits per heavy atom. The number of likely N-dealkylation sites (tertiary alicyclic amines) is 1. The minimum absolute atomic E-state index is 0.232. The first-order valence-electron chi connectivity index (χ1n) is 8.99. The Kier molecular flexibility index (Phi) is 6.24. The van der Waals surface area contributed by atoms with Crippen molar-refractivity contribution in [2.75, 3.05) is 26.9 Å². The molecule has 0 unspecified atom stereocenters. The molecule has 2 atom stereocenters. The van der Waals surface area contributed by atoms with Crippen LogP contribution in [0.4, 0.5) is 0 Å². The van der Waals surface area contributed by atoms with Crippen LogP contribution in [0.15, 0.2) is 34.9 Å². The fraction of sp³-hybridized carbons (Fsp3) is 0.550. The van der Waals surface area contributed by atoms with Gasteiger partial charge in [-0.1, -0.05) is 35.5 Å². The lowest BCUT2D eigenvalue weighted by Gasteiger charge is -2.28. The maximum absolute atomic E-state index is 6.13. The van der Waals surface area contributed by atoms with Crippen LogP contribution in [0.25, 0.3) is 0 Å². The van der Waals surface area contributed by atoms with E-state index < -0.39 is 0 Å². The van der Waals surface area contributed by atoms with E-state index in [1.807, 2.05) is 13.8 Å². The Morgan fingerprint density at radius 2 is 2.00 bits per heavy atom. The van der Waals surface area contributed by atoms with E-state index in [0.717, 1.165) is 37.4 Å². The molecule has 5 nitrogen and oxygen atoms in total. The van der Waals surface area contributed by atoms with Crippen LogP contribution in [-0.4, -0.2) is 49.1 Å². The van der Waals surface area contributed by atoms with Crippen LogP contribution in [0.1, 0.15) is 29.0 Å². The first-order chi connectivity index (χ1) is 12.2. The molecule has 0 amide bonds. The molecule has 0 spiro atoms. The summed E-state index contributed by atoms with van der Waals surface area (Å²) in [7, 11) is 1.71. The number of hydrogen-bond acceptors (Lipinski definition) is 5. The molecule has 5 heteroatoms. The second kappa shape index (κ2) is 8.61. The van der Waals surface area contributed by atoms with Crippen molar-refractivity contribution in [3.63, 3.8) is 0 Å². The summed E-state index contributed by atoms with van der Waals surface area (Å²) in [6, 6.07) is 11.0. The van der Waals surface area contributed by atoms with Gasteiger partial charge in [0.25, 0.3) is 0 Å². The monoisotopic (exact) mass is 344 g/mol. The third kappa shape index (κ3) is 4.48. The van der Waals surface area contributed by atoms with Crippen LogP contribution in [-0.2, 0) is 22.4 Å². The smallest absolute Gasteiger partial charge is 0.138 e. The predicted octanol–water partition coefficient (Wildman–Crippen LogP) is 3.14. The maximum Gasteiger partial charge on any atom is 0.138 e. The number of aryl methyl sites for hydroxylation is 2. The van der Waals surface area contributed by atoms with Crippen LogP contribution in [0.3, 0.4) is 0 Å². The van der Waals surface area contributed by atoms with E-state index in [4.69, 9.17) is 14.0 Å². The van der Waals surface area contributed by atoms with Crippen molar-refractivity contribution < 1.29 is 14.0 Å². The standard InChI is InChI=1S/C20H28N2O3/c1-15-18(16(2)25-21-15)14-22-10-9-20(24-12-11-23-3)19(22)13-17-7-5-4-6-8-17/h4-8,19-20H,9-14H2,1-3H3/t19-,20-/m0/s1. The normalized spacial score (nSPS) is 21.1. The molecule has 0 N–H and O–H groups in total. The largest absolute Gasteiger partial charge is 0.382 e. The molecule has 2 aromatic rings. The van der Waals surface area contributed by atoms with E-state index in [1.54, 1.807) is 7.11 Å². The van der Waals surface area contributed by atoms with Gasteiger partial charge in [0.05, 0.1) is 25.0 Å². The summed E-state index contributed by atoms with van der Waals surface area (Å²) in [5.74, 6) is 0.916. The summed E-state index contributed by atoms with van der Waals surface area (Å²) in [5, 5.41) is 4.10. The van der Waals surface area contributed by atoms with Gasteiger partial charge >= 0.3 is 0 Å². The van der Waals surface area contributed by atoms with Gasteiger partial charge in [-0.05, 0) is 32.3 Å². The van der Waals surface area contributed by atoms with Gasteiger partial charge in [-0.2, -0.15) is 0 Å². The molecule has 0 aliphatic carbocycles. The van der Waals surface area contributed by atoms with Crippen molar-refractivity contribution in [2.45, 2.75) is 45.4 Å². The second-order valence-corrected chi connectivity index (χ2v) is 6.72. The fourth-order valence-electron chi connectivity index (χ4n) is 3.61. The third-order valence-electron chi connectivity index (χ3n) is 5.05. The first-order valence-corrected chi connectivity index (χ1v) is 8.99. The van der Waals surface area contributed by atoms with Gasteiger partial charge in [0, 0.05) is 31.8 Å². The molecule has 0 radical (unpaired) electrons. The molecule has 136 valence electrons. The van der Waals surface area contributed by atoms with Crippen molar-refractivity contribution in [1.29, 1.82) is 0 Å². The van der Waals surface area contributed by atoms with Gasteiger partial charge in [0.15, 0.2) is 0 Å². The SMILES string of the molecule is COCCO[C@H]1CCN(Cc2c(C)noc2C)[C@H]1Cc1ccccc1. The number of rotatable bonds is 8. The molecule has 0 bridgehead atoms. The highest BCUT2D eigenvalue weighted by molar-refractivity contribution is 5.22. The van der Waals surface area contributed by atoms with Crippen molar-refractivity contribution >= 4 is 0 Å². The van der Waals surface area contributed by atoms with Gasteiger partial charge in [-0.15, -0.1) is 0 Å². The highest BCUT2D eigenvalue weighted by Gasteiger charge is 2.35. The van der Waals surface area contributed by atoms with Gasteiger partial charge < -0.3 is 14.0 Å². The van der Waals surface area contributed by atoms with Crippen LogP contribution >= 0.6 is 0 Å². The summed E-state index contributed by atoms with van der Waals surface area (Å²) in [4.78, 5) is 2.51. The average Bonchev–Trinajstić information content (AvgIpc) is 3.14. The van der Waals surface area contributed by atoms with Gasteiger partial charge in [-0.25, -0.2) is 0 Å². The zero-order valence-electron chi connectivity index (χ0n) is 15.4. The number of ether oxygens (including phenoxy) is 2. The quantitative estimate of drug-likeness (QED) is 0.689. The van der Waals surface area contributed by atoms with Crippen molar-refractivity contribution in [1.82, 2.24) is 10.1 Å². The molecule has 1 aromatic carbocycles. The lowest BCUT2D eigenvalue weighted by molar-refractivity contribution is -0.00136. The Balaban J connectivity index is 1.73. The van der Waals surface area contributed by atoms with Crippen LogP contribution in [0.2, 0.25) is 0 Å². The predicted molar refractivity (Wildman–Crippen MR) is 96.6 cm³/mol. The second-order valence-electron chi connectivity index (χ2n) is 6.72. The zero-order valence-corrected chi connectivity index (χ0v) is 15.4. The molecule has 1 saturated heterocycles. The topological polar surface area (TPSA) is 47.7 Å². The summed E-state index contributed by atoms with van der Waals surface area (Å²) in [6.45, 7) is 7.18. The molecule has 3 rings (SSSR count). The highest BCUT2D eigenvalue weighted by Crippen LogP contribution is 2.28. The molecular weight excluding hydrogens is 316 g/mol. The van der Waals surface area contributed by atoms with Gasteiger partial charge in [0.2, 0.25) is 0 Å². The van der Waals surface area contributed by atoms with Gasteiger partial charge in [0.1, 0.15) is 5.76 Å². The molecule has 1 aromatic heterocycles. The summed E-state index contributed by atoms with van der Waals surface area (Å²) >= 11 is 0. The molecule has 0 saturated carbocycles. The van der Waals surface area contributed by atoms with E-state index in [1.165, 1.54) is 11.1 Å². The lowest BCUT2D eigenvalue weighted by Crippen LogP contribution is -2.38. The van der Waals surface area contributed by atoms with Gasteiger partial charge in [-0.3, -0.25) is 4.90 Å². The first kappa shape index (κ1) is 18.1. The molecule has 2 heterocycles. The fourth-order valence-corrected chi connectivity index (χ4v) is 3.61. The Morgan fingerprint density at radius 3 is 2.68 bits per heavy atom. The minimum Gasteiger partial charge on any atom is -0.382 e. The van der Waals surface area contributed by atoms with E-state index in [9.17, 15) is 0 Å². The average molecular weight is 344 g/mol. The van der Waals surface area contributed by atoms with Crippen LogP contribution < -0.4 is 0 Å². The third-order valence-corrected chi connectivity index (χ3v) is 5.05. The van der Waals surface area contributed by atoms with Crippen molar-refractivity contribution in [3.8, 4) is 0 Å². The minimum atomic E-state index is 0.232. The highest BCUT2D eigenvalue weighted by atomic mass is 16.5. The molecule has 1 fully saturated rings. The van der Waals surface area contributed by atoms with Crippen molar-refractivity contribution in [2.24, 2.45) is 0 Å². The van der Waals surface area contributed by atoms with E-state index in [-0.39, 0.29) is 6.10 Å². The molecule has 25 heavy (non-hydrogen) atoms. The Hall–Kier alpha value is -1.69. The Bertz CT molecular complexity index is 637. The summed E-state index contributed by atoms with van der Waals surface area (Å²) in [5.41, 5.74) is 3.54. The van der Waals surface area contributed by atoms with E-state index in [0.29, 0.717) is 19.3 Å². The summed E-state index contributed by atoms with van der Waals surface area (Å²) in [6.07, 6.45) is 2.27. The zero-order chi connectivity index (χ0) is 17.6. The molecular formula is C20H28N2O3. The Labute approximate surface area is 149 Å². The van der Waals surface area contributed by atoms with E-state index in [2.05, 4.69) is 40.4 Å².